The number of aromatic amines is 1. The Morgan fingerprint density at radius 2 is 2.03 bits per heavy atom. The van der Waals surface area contributed by atoms with E-state index in [4.69, 9.17) is 0 Å². The number of alkyl halides is 3. The van der Waals surface area contributed by atoms with Crippen LogP contribution in [-0.2, 0) is 6.54 Å². The summed E-state index contributed by atoms with van der Waals surface area (Å²) < 4.78 is 39.7. The Morgan fingerprint density at radius 3 is 2.77 bits per heavy atom. The van der Waals surface area contributed by atoms with E-state index < -0.39 is 18.3 Å². The first-order valence-electron chi connectivity index (χ1n) is 9.69. The van der Waals surface area contributed by atoms with Gasteiger partial charge in [-0.05, 0) is 43.0 Å². The zero-order chi connectivity index (χ0) is 20.9. The van der Waals surface area contributed by atoms with Gasteiger partial charge >= 0.3 is 6.18 Å². The number of aromatic nitrogens is 4. The van der Waals surface area contributed by atoms with Gasteiger partial charge in [-0.2, -0.15) is 18.3 Å². The first-order valence-corrected chi connectivity index (χ1v) is 9.69. The number of anilines is 1. The second-order valence-electron chi connectivity index (χ2n) is 7.57. The van der Waals surface area contributed by atoms with Gasteiger partial charge in [-0.15, -0.1) is 0 Å². The van der Waals surface area contributed by atoms with Gasteiger partial charge < -0.3 is 10.3 Å². The molecular formula is C21H18F3N5O. The highest BCUT2D eigenvalue weighted by atomic mass is 19.4. The van der Waals surface area contributed by atoms with Crippen molar-refractivity contribution in [1.82, 2.24) is 19.7 Å². The van der Waals surface area contributed by atoms with Crippen molar-refractivity contribution in [3.8, 4) is 11.1 Å². The van der Waals surface area contributed by atoms with Crippen LogP contribution in [0.4, 0.5) is 19.0 Å². The van der Waals surface area contributed by atoms with E-state index in [0.717, 1.165) is 34.5 Å². The van der Waals surface area contributed by atoms with E-state index in [1.165, 1.54) is 12.6 Å². The number of fused-ring (bicyclic) bond motifs is 3. The number of hydrogen-bond donors (Lipinski definition) is 2. The molecule has 0 bridgehead atoms. The number of nitrogens with one attached hydrogen (secondary N) is 2. The zero-order valence-corrected chi connectivity index (χ0v) is 15.8. The van der Waals surface area contributed by atoms with Gasteiger partial charge in [-0.25, -0.2) is 4.98 Å². The molecule has 1 aliphatic rings. The molecule has 1 saturated carbocycles. The predicted octanol–water partition coefficient (Wildman–Crippen LogP) is 4.47. The highest BCUT2D eigenvalue weighted by Gasteiger charge is 2.30. The molecule has 1 aliphatic carbocycles. The smallest absolute Gasteiger partial charge is 0.367 e. The Hall–Kier alpha value is -3.36. The number of rotatable bonds is 4. The fourth-order valence-corrected chi connectivity index (χ4v) is 3.84. The summed E-state index contributed by atoms with van der Waals surface area (Å²) in [7, 11) is 0. The van der Waals surface area contributed by atoms with Crippen LogP contribution in [0.5, 0.6) is 0 Å². The Bertz CT molecular complexity index is 1300. The third kappa shape index (κ3) is 3.30. The normalized spacial score (nSPS) is 14.9. The molecule has 6 nitrogen and oxygen atoms in total. The standard InChI is InChI=1S/C21H18F3N5O/c22-21(23,24)11-29-18-15-7-6-12(9-17(15)28-20(30)16(18)10-26-29)14-5-2-8-25-19(14)27-13-3-1-4-13/h2,5-10,13H,1,3-4,11H2,(H,25,27)(H,28,30). The fourth-order valence-electron chi connectivity index (χ4n) is 3.84. The highest BCUT2D eigenvalue weighted by Crippen LogP contribution is 2.33. The Kier molecular flexibility index (Phi) is 4.27. The fraction of sp³-hybridized carbons (Fsp3) is 0.286. The van der Waals surface area contributed by atoms with Crippen LogP contribution in [0.3, 0.4) is 0 Å². The lowest BCUT2D eigenvalue weighted by Crippen LogP contribution is -2.27. The van der Waals surface area contributed by atoms with Crippen molar-refractivity contribution in [2.24, 2.45) is 0 Å². The molecule has 5 rings (SSSR count). The minimum absolute atomic E-state index is 0.133. The maximum atomic E-state index is 13.0. The molecule has 0 atom stereocenters. The van der Waals surface area contributed by atoms with Crippen molar-refractivity contribution in [2.45, 2.75) is 38.0 Å². The zero-order valence-electron chi connectivity index (χ0n) is 15.8. The number of hydrogen-bond acceptors (Lipinski definition) is 4. The second kappa shape index (κ2) is 6.86. The van der Waals surface area contributed by atoms with E-state index in [-0.39, 0.29) is 10.9 Å². The molecule has 3 aromatic heterocycles. The van der Waals surface area contributed by atoms with Crippen LogP contribution in [0.15, 0.2) is 47.5 Å². The van der Waals surface area contributed by atoms with Crippen molar-refractivity contribution < 1.29 is 13.2 Å². The van der Waals surface area contributed by atoms with Gasteiger partial charge in [0.05, 0.1) is 22.6 Å². The van der Waals surface area contributed by atoms with E-state index in [1.807, 2.05) is 18.2 Å². The third-order valence-electron chi connectivity index (χ3n) is 5.50. The van der Waals surface area contributed by atoms with E-state index >= 15 is 0 Å². The summed E-state index contributed by atoms with van der Waals surface area (Å²) in [5.41, 5.74) is 1.84. The van der Waals surface area contributed by atoms with E-state index in [1.54, 1.807) is 18.3 Å². The predicted molar refractivity (Wildman–Crippen MR) is 108 cm³/mol. The molecular weight excluding hydrogens is 395 g/mol. The Labute approximate surface area is 168 Å². The van der Waals surface area contributed by atoms with E-state index in [2.05, 4.69) is 20.4 Å². The quantitative estimate of drug-likeness (QED) is 0.518. The van der Waals surface area contributed by atoms with Crippen molar-refractivity contribution in [1.29, 1.82) is 0 Å². The third-order valence-corrected chi connectivity index (χ3v) is 5.50. The monoisotopic (exact) mass is 413 g/mol. The van der Waals surface area contributed by atoms with Crippen LogP contribution in [0.25, 0.3) is 32.9 Å². The van der Waals surface area contributed by atoms with E-state index in [0.29, 0.717) is 16.9 Å². The number of nitrogens with zero attached hydrogens (tertiary/aromatic N) is 3. The number of benzene rings is 1. The molecule has 0 radical (unpaired) electrons. The summed E-state index contributed by atoms with van der Waals surface area (Å²) in [6.07, 6.45) is 1.84. The summed E-state index contributed by atoms with van der Waals surface area (Å²) in [5, 5.41) is 7.87. The average Bonchev–Trinajstić information content (AvgIpc) is 3.07. The molecule has 0 saturated heterocycles. The highest BCUT2D eigenvalue weighted by molar-refractivity contribution is 6.04. The summed E-state index contributed by atoms with van der Waals surface area (Å²) in [6, 6.07) is 9.47. The minimum atomic E-state index is -4.44. The molecule has 9 heteroatoms. The van der Waals surface area contributed by atoms with E-state index in [9.17, 15) is 18.0 Å². The van der Waals surface area contributed by atoms with Crippen LogP contribution in [-0.4, -0.2) is 32.0 Å². The van der Waals surface area contributed by atoms with Gasteiger partial charge in [0.15, 0.2) is 0 Å². The van der Waals surface area contributed by atoms with Gasteiger partial charge in [0.2, 0.25) is 0 Å². The lowest BCUT2D eigenvalue weighted by Gasteiger charge is -2.27. The molecule has 30 heavy (non-hydrogen) atoms. The van der Waals surface area contributed by atoms with Crippen LogP contribution in [0.1, 0.15) is 19.3 Å². The lowest BCUT2D eigenvalue weighted by atomic mass is 9.93. The number of H-pyrrole nitrogens is 1. The first kappa shape index (κ1) is 18.7. The molecule has 0 aliphatic heterocycles. The van der Waals surface area contributed by atoms with Gasteiger partial charge in [0.1, 0.15) is 12.4 Å². The van der Waals surface area contributed by atoms with Crippen LogP contribution in [0, 0.1) is 0 Å². The summed E-state index contributed by atoms with van der Waals surface area (Å²) in [5.74, 6) is 0.757. The molecule has 1 aromatic carbocycles. The molecule has 2 N–H and O–H groups in total. The van der Waals surface area contributed by atoms with Crippen LogP contribution >= 0.6 is 0 Å². The SMILES string of the molecule is O=c1[nH]c2cc(-c3cccnc3NC3CCC3)ccc2c2c1cnn2CC(F)(F)F. The number of pyridine rings is 2. The summed E-state index contributed by atoms with van der Waals surface area (Å²) in [6.45, 7) is -1.26. The van der Waals surface area contributed by atoms with Crippen molar-refractivity contribution in [3.63, 3.8) is 0 Å². The van der Waals surface area contributed by atoms with Gasteiger partial charge in [-0.3, -0.25) is 9.48 Å². The molecule has 154 valence electrons. The number of halogens is 3. The summed E-state index contributed by atoms with van der Waals surface area (Å²) >= 11 is 0. The lowest BCUT2D eigenvalue weighted by molar-refractivity contribution is -0.141. The van der Waals surface area contributed by atoms with Crippen LogP contribution < -0.4 is 10.9 Å². The van der Waals surface area contributed by atoms with Crippen molar-refractivity contribution >= 4 is 27.6 Å². The second-order valence-corrected chi connectivity index (χ2v) is 7.57. The largest absolute Gasteiger partial charge is 0.408 e. The topological polar surface area (TPSA) is 75.6 Å². The van der Waals surface area contributed by atoms with Gasteiger partial charge in [0.25, 0.3) is 5.56 Å². The van der Waals surface area contributed by atoms with Gasteiger partial charge in [-0.1, -0.05) is 12.1 Å². The molecule has 1 fully saturated rings. The summed E-state index contributed by atoms with van der Waals surface area (Å²) in [4.78, 5) is 19.7. The first-order chi connectivity index (χ1) is 14.4. The maximum absolute atomic E-state index is 13.0. The average molecular weight is 413 g/mol. The molecule has 0 unspecified atom stereocenters. The Balaban J connectivity index is 1.64. The molecule has 3 heterocycles. The Morgan fingerprint density at radius 1 is 1.20 bits per heavy atom. The van der Waals surface area contributed by atoms with Gasteiger partial charge in [0, 0.05) is 23.2 Å². The van der Waals surface area contributed by atoms with Crippen LogP contribution in [0.2, 0.25) is 0 Å². The molecule has 0 amide bonds. The minimum Gasteiger partial charge on any atom is -0.367 e. The molecule has 4 aromatic rings. The van der Waals surface area contributed by atoms with Crippen molar-refractivity contribution in [2.75, 3.05) is 5.32 Å². The molecule has 0 spiro atoms. The maximum Gasteiger partial charge on any atom is 0.408 e. The van der Waals surface area contributed by atoms with Crippen molar-refractivity contribution in [3.05, 3.63) is 53.1 Å².